The molecule has 0 bridgehead atoms. The van der Waals surface area contributed by atoms with E-state index in [2.05, 4.69) is 12.2 Å². The van der Waals surface area contributed by atoms with Gasteiger partial charge in [0.15, 0.2) is 0 Å². The summed E-state index contributed by atoms with van der Waals surface area (Å²) in [4.78, 5) is 0. The standard InChI is InChI=1S/C15H22FNO/c1-3-4-13-10-12(7-8-18-13)17-15-9-11(2)5-6-14(15)16/h5-6,9,12-13,17H,3-4,7-8,10H2,1-2H3. The zero-order valence-electron chi connectivity index (χ0n) is 11.2. The van der Waals surface area contributed by atoms with Gasteiger partial charge in [-0.25, -0.2) is 4.39 Å². The van der Waals surface area contributed by atoms with Crippen LogP contribution in [0, 0.1) is 12.7 Å². The number of hydrogen-bond donors (Lipinski definition) is 1. The van der Waals surface area contributed by atoms with Gasteiger partial charge in [-0.15, -0.1) is 0 Å². The molecule has 1 aliphatic heterocycles. The van der Waals surface area contributed by atoms with Crippen LogP contribution in [0.5, 0.6) is 0 Å². The Labute approximate surface area is 109 Å². The molecule has 0 aliphatic carbocycles. The summed E-state index contributed by atoms with van der Waals surface area (Å²) in [6.07, 6.45) is 4.48. The molecule has 0 radical (unpaired) electrons. The lowest BCUT2D eigenvalue weighted by Crippen LogP contribution is -2.34. The molecule has 1 heterocycles. The molecule has 2 atom stereocenters. The summed E-state index contributed by atoms with van der Waals surface area (Å²) in [5.41, 5.74) is 1.70. The van der Waals surface area contributed by atoms with E-state index in [1.165, 1.54) is 6.07 Å². The molecule has 2 rings (SSSR count). The van der Waals surface area contributed by atoms with Crippen LogP contribution < -0.4 is 5.32 Å². The molecular formula is C15H22FNO. The van der Waals surface area contributed by atoms with Crippen molar-refractivity contribution in [1.29, 1.82) is 0 Å². The highest BCUT2D eigenvalue weighted by Crippen LogP contribution is 2.23. The topological polar surface area (TPSA) is 21.3 Å². The first-order valence-electron chi connectivity index (χ1n) is 6.83. The van der Waals surface area contributed by atoms with Gasteiger partial charge in [-0.2, -0.15) is 0 Å². The van der Waals surface area contributed by atoms with Crippen LogP contribution >= 0.6 is 0 Å². The Morgan fingerprint density at radius 2 is 2.28 bits per heavy atom. The summed E-state index contributed by atoms with van der Waals surface area (Å²) >= 11 is 0. The van der Waals surface area contributed by atoms with E-state index in [0.29, 0.717) is 17.8 Å². The van der Waals surface area contributed by atoms with E-state index in [1.54, 1.807) is 6.07 Å². The molecule has 0 aromatic heterocycles. The Balaban J connectivity index is 1.98. The Morgan fingerprint density at radius 1 is 1.44 bits per heavy atom. The van der Waals surface area contributed by atoms with Gasteiger partial charge in [0.2, 0.25) is 0 Å². The first-order valence-corrected chi connectivity index (χ1v) is 6.83. The molecule has 1 fully saturated rings. The Bertz CT molecular complexity index is 392. The Hall–Kier alpha value is -1.09. The van der Waals surface area contributed by atoms with Gasteiger partial charge in [0.05, 0.1) is 11.8 Å². The van der Waals surface area contributed by atoms with Gasteiger partial charge >= 0.3 is 0 Å². The largest absolute Gasteiger partial charge is 0.380 e. The summed E-state index contributed by atoms with van der Waals surface area (Å²) in [5.74, 6) is -0.167. The lowest BCUT2D eigenvalue weighted by atomic mass is 9.99. The zero-order chi connectivity index (χ0) is 13.0. The number of halogens is 1. The van der Waals surface area contributed by atoms with Crippen LogP contribution in [0.25, 0.3) is 0 Å². The van der Waals surface area contributed by atoms with Crippen LogP contribution in [0.1, 0.15) is 38.2 Å². The van der Waals surface area contributed by atoms with Crippen molar-refractivity contribution in [2.75, 3.05) is 11.9 Å². The third-order valence-corrected chi connectivity index (χ3v) is 3.46. The average molecular weight is 251 g/mol. The zero-order valence-corrected chi connectivity index (χ0v) is 11.2. The molecule has 18 heavy (non-hydrogen) atoms. The number of aryl methyl sites for hydroxylation is 1. The second-order valence-corrected chi connectivity index (χ2v) is 5.13. The van der Waals surface area contributed by atoms with E-state index < -0.39 is 0 Å². The number of rotatable bonds is 4. The lowest BCUT2D eigenvalue weighted by molar-refractivity contribution is 0.00593. The Kier molecular flexibility index (Phi) is 4.59. The van der Waals surface area contributed by atoms with Gasteiger partial charge in [0, 0.05) is 12.6 Å². The molecule has 1 aromatic carbocycles. The van der Waals surface area contributed by atoms with E-state index >= 15 is 0 Å². The summed E-state index contributed by atoms with van der Waals surface area (Å²) in [6, 6.07) is 5.52. The highest BCUT2D eigenvalue weighted by molar-refractivity contribution is 5.47. The number of benzene rings is 1. The fraction of sp³-hybridized carbons (Fsp3) is 0.600. The minimum Gasteiger partial charge on any atom is -0.380 e. The van der Waals surface area contributed by atoms with Crippen molar-refractivity contribution in [3.63, 3.8) is 0 Å². The molecule has 2 unspecified atom stereocenters. The third-order valence-electron chi connectivity index (χ3n) is 3.46. The minimum absolute atomic E-state index is 0.167. The van der Waals surface area contributed by atoms with Gasteiger partial charge in [-0.05, 0) is 43.9 Å². The van der Waals surface area contributed by atoms with Crippen molar-refractivity contribution in [1.82, 2.24) is 0 Å². The maximum absolute atomic E-state index is 13.7. The van der Waals surface area contributed by atoms with Crippen LogP contribution in [0.3, 0.4) is 0 Å². The number of ether oxygens (including phenoxy) is 1. The monoisotopic (exact) mass is 251 g/mol. The van der Waals surface area contributed by atoms with E-state index in [4.69, 9.17) is 4.74 Å². The summed E-state index contributed by atoms with van der Waals surface area (Å²) < 4.78 is 19.4. The molecule has 1 aromatic rings. The fourth-order valence-electron chi connectivity index (χ4n) is 2.50. The van der Waals surface area contributed by atoms with Crippen LogP contribution in [0.4, 0.5) is 10.1 Å². The van der Waals surface area contributed by atoms with Gasteiger partial charge in [0.25, 0.3) is 0 Å². The molecule has 2 nitrogen and oxygen atoms in total. The summed E-state index contributed by atoms with van der Waals surface area (Å²) in [7, 11) is 0. The van der Waals surface area contributed by atoms with E-state index in [-0.39, 0.29) is 5.82 Å². The summed E-state index contributed by atoms with van der Waals surface area (Å²) in [6.45, 7) is 4.92. The second kappa shape index (κ2) is 6.19. The van der Waals surface area contributed by atoms with E-state index in [1.807, 2.05) is 13.0 Å². The summed E-state index contributed by atoms with van der Waals surface area (Å²) in [5, 5.41) is 3.32. The molecule has 3 heteroatoms. The van der Waals surface area contributed by atoms with Crippen LogP contribution in [0.2, 0.25) is 0 Å². The molecule has 100 valence electrons. The second-order valence-electron chi connectivity index (χ2n) is 5.13. The molecule has 1 aliphatic rings. The third kappa shape index (κ3) is 3.45. The molecule has 0 spiro atoms. The van der Waals surface area contributed by atoms with Gasteiger partial charge in [-0.1, -0.05) is 19.4 Å². The lowest BCUT2D eigenvalue weighted by Gasteiger charge is -2.30. The highest BCUT2D eigenvalue weighted by Gasteiger charge is 2.22. The first-order chi connectivity index (χ1) is 8.69. The van der Waals surface area contributed by atoms with Crippen molar-refractivity contribution in [3.05, 3.63) is 29.6 Å². The molecular weight excluding hydrogens is 229 g/mol. The normalized spacial score (nSPS) is 23.9. The van der Waals surface area contributed by atoms with Gasteiger partial charge in [0.1, 0.15) is 5.82 Å². The first kappa shape index (κ1) is 13.3. The number of anilines is 1. The Morgan fingerprint density at radius 3 is 3.06 bits per heavy atom. The molecule has 1 N–H and O–H groups in total. The van der Waals surface area contributed by atoms with Crippen LogP contribution in [-0.2, 0) is 4.74 Å². The minimum atomic E-state index is -0.167. The van der Waals surface area contributed by atoms with E-state index in [0.717, 1.165) is 37.9 Å². The predicted octanol–water partition coefficient (Wildman–Crippen LogP) is 3.89. The fourth-order valence-corrected chi connectivity index (χ4v) is 2.50. The van der Waals surface area contributed by atoms with Crippen LogP contribution in [0.15, 0.2) is 18.2 Å². The van der Waals surface area contributed by atoms with Crippen molar-refractivity contribution in [2.24, 2.45) is 0 Å². The predicted molar refractivity (Wildman–Crippen MR) is 72.4 cm³/mol. The SMILES string of the molecule is CCCC1CC(Nc2cc(C)ccc2F)CCO1. The van der Waals surface area contributed by atoms with E-state index in [9.17, 15) is 4.39 Å². The number of nitrogens with one attached hydrogen (secondary N) is 1. The van der Waals surface area contributed by atoms with Gasteiger partial charge in [-0.3, -0.25) is 0 Å². The quantitative estimate of drug-likeness (QED) is 0.876. The van der Waals surface area contributed by atoms with Gasteiger partial charge < -0.3 is 10.1 Å². The smallest absolute Gasteiger partial charge is 0.146 e. The molecule has 1 saturated heterocycles. The molecule has 0 saturated carbocycles. The maximum atomic E-state index is 13.7. The van der Waals surface area contributed by atoms with Crippen LogP contribution in [-0.4, -0.2) is 18.8 Å². The van der Waals surface area contributed by atoms with Crippen molar-refractivity contribution >= 4 is 5.69 Å². The highest BCUT2D eigenvalue weighted by atomic mass is 19.1. The van der Waals surface area contributed by atoms with Crippen molar-refractivity contribution in [2.45, 2.75) is 51.7 Å². The molecule has 0 amide bonds. The van der Waals surface area contributed by atoms with Crippen molar-refractivity contribution < 1.29 is 9.13 Å². The number of hydrogen-bond acceptors (Lipinski definition) is 2. The van der Waals surface area contributed by atoms with Crippen molar-refractivity contribution in [3.8, 4) is 0 Å². The average Bonchev–Trinajstić information content (AvgIpc) is 2.35. The maximum Gasteiger partial charge on any atom is 0.146 e.